The van der Waals surface area contributed by atoms with Gasteiger partial charge in [0.05, 0.1) is 0 Å². The summed E-state index contributed by atoms with van der Waals surface area (Å²) in [5.74, 6) is 0. The zero-order valence-electron chi connectivity index (χ0n) is 18.7. The molecule has 0 aliphatic carbocycles. The van der Waals surface area contributed by atoms with Crippen molar-refractivity contribution in [2.45, 2.75) is 73.1 Å². The Morgan fingerprint density at radius 1 is 0.630 bits per heavy atom. The third-order valence-electron chi connectivity index (χ3n) is 5.09. The molecule has 2 aromatic rings. The lowest BCUT2D eigenvalue weighted by atomic mass is 9.85. The third kappa shape index (κ3) is 5.45. The molecule has 2 rings (SSSR count). The highest BCUT2D eigenvalue weighted by atomic mass is 14.2. The van der Waals surface area contributed by atoms with E-state index in [4.69, 9.17) is 0 Å². The summed E-state index contributed by atoms with van der Waals surface area (Å²) in [6, 6.07) is 18.0. The fraction of sp³-hybridized carbons (Fsp3) is 0.407. The Morgan fingerprint density at radius 2 is 1.04 bits per heavy atom. The number of rotatable bonds is 3. The number of benzene rings is 2. The highest BCUT2D eigenvalue weighted by molar-refractivity contribution is 5.85. The van der Waals surface area contributed by atoms with E-state index in [9.17, 15) is 0 Å². The molecule has 0 saturated carbocycles. The zero-order chi connectivity index (χ0) is 20.4. The molecule has 0 saturated heterocycles. The van der Waals surface area contributed by atoms with Crippen molar-refractivity contribution in [3.05, 3.63) is 81.9 Å². The van der Waals surface area contributed by atoms with Crippen LogP contribution in [0.15, 0.2) is 59.7 Å². The first-order valence-corrected chi connectivity index (χ1v) is 9.97. The van der Waals surface area contributed by atoms with Gasteiger partial charge in [-0.15, -0.1) is 0 Å². The molecule has 0 spiro atoms. The summed E-state index contributed by atoms with van der Waals surface area (Å²) in [4.78, 5) is 0. The molecule has 0 heteroatoms. The quantitative estimate of drug-likeness (QED) is 0.484. The van der Waals surface area contributed by atoms with E-state index in [2.05, 4.69) is 117 Å². The molecule has 2 aromatic carbocycles. The summed E-state index contributed by atoms with van der Waals surface area (Å²) in [5, 5.41) is 0. The molecule has 0 amide bonds. The van der Waals surface area contributed by atoms with Gasteiger partial charge in [0.25, 0.3) is 0 Å². The van der Waals surface area contributed by atoms with Crippen LogP contribution >= 0.6 is 0 Å². The van der Waals surface area contributed by atoms with Crippen molar-refractivity contribution >= 4 is 11.6 Å². The van der Waals surface area contributed by atoms with Gasteiger partial charge in [-0.3, -0.25) is 0 Å². The Morgan fingerprint density at radius 3 is 1.41 bits per heavy atom. The van der Waals surface area contributed by atoms with E-state index in [0.717, 1.165) is 0 Å². The minimum Gasteiger partial charge on any atom is -0.0683 e. The van der Waals surface area contributed by atoms with E-state index in [1.54, 1.807) is 0 Å². The smallest absolute Gasteiger partial charge is 0.0132 e. The van der Waals surface area contributed by atoms with Crippen LogP contribution in [-0.2, 0) is 10.8 Å². The predicted molar refractivity (Wildman–Crippen MR) is 122 cm³/mol. The van der Waals surface area contributed by atoms with E-state index in [1.165, 1.54) is 39.0 Å². The summed E-state index contributed by atoms with van der Waals surface area (Å²) in [6.45, 7) is 20.2. The van der Waals surface area contributed by atoms with Gasteiger partial charge in [-0.05, 0) is 65.0 Å². The first-order chi connectivity index (χ1) is 12.4. The number of hydrogen-bond donors (Lipinski definition) is 0. The molecule has 0 aromatic heterocycles. The van der Waals surface area contributed by atoms with E-state index in [1.807, 2.05) is 0 Å². The van der Waals surface area contributed by atoms with Crippen molar-refractivity contribution in [3.8, 4) is 0 Å². The number of allylic oxidation sites excluding steroid dienone is 3. The van der Waals surface area contributed by atoms with Gasteiger partial charge in [-0.2, -0.15) is 0 Å². The van der Waals surface area contributed by atoms with Crippen LogP contribution in [0.1, 0.15) is 84.6 Å². The average molecular weight is 361 g/mol. The molecule has 0 aliphatic rings. The van der Waals surface area contributed by atoms with Gasteiger partial charge < -0.3 is 0 Å². The Hall–Kier alpha value is -2.08. The largest absolute Gasteiger partial charge is 0.0683 e. The van der Waals surface area contributed by atoms with Crippen molar-refractivity contribution in [1.82, 2.24) is 0 Å². The van der Waals surface area contributed by atoms with Gasteiger partial charge in [-0.25, -0.2) is 0 Å². The van der Waals surface area contributed by atoms with Crippen LogP contribution in [0.4, 0.5) is 0 Å². The van der Waals surface area contributed by atoms with Crippen molar-refractivity contribution in [3.63, 3.8) is 0 Å². The normalized spacial score (nSPS) is 12.9. The average Bonchev–Trinajstić information content (AvgIpc) is 2.54. The fourth-order valence-electron chi connectivity index (χ4n) is 3.45. The molecule has 27 heavy (non-hydrogen) atoms. The lowest BCUT2D eigenvalue weighted by Gasteiger charge is -2.20. The van der Waals surface area contributed by atoms with Gasteiger partial charge in [0.15, 0.2) is 0 Å². The van der Waals surface area contributed by atoms with Crippen LogP contribution in [0.2, 0.25) is 0 Å². The molecule has 0 aliphatic heterocycles. The summed E-state index contributed by atoms with van der Waals surface area (Å²) >= 11 is 0. The third-order valence-corrected chi connectivity index (χ3v) is 5.09. The molecule has 0 fully saturated rings. The highest BCUT2D eigenvalue weighted by Gasteiger charge is 2.15. The van der Waals surface area contributed by atoms with Gasteiger partial charge >= 0.3 is 0 Å². The Bertz CT molecular complexity index is 823. The summed E-state index contributed by atoms with van der Waals surface area (Å²) in [7, 11) is 0. The van der Waals surface area contributed by atoms with Crippen molar-refractivity contribution < 1.29 is 0 Å². The van der Waals surface area contributed by atoms with Crippen LogP contribution in [0.3, 0.4) is 0 Å². The molecule has 0 radical (unpaired) electrons. The molecular formula is C27H36. The van der Waals surface area contributed by atoms with Crippen LogP contribution in [-0.4, -0.2) is 0 Å². The summed E-state index contributed by atoms with van der Waals surface area (Å²) in [5.41, 5.74) is 9.67. The van der Waals surface area contributed by atoms with E-state index in [0.29, 0.717) is 0 Å². The predicted octanol–water partition coefficient (Wildman–Crippen LogP) is 8.18. The minimum atomic E-state index is 0.184. The molecule has 0 bridgehead atoms. The minimum absolute atomic E-state index is 0.184. The van der Waals surface area contributed by atoms with Crippen LogP contribution < -0.4 is 0 Å². The van der Waals surface area contributed by atoms with Crippen molar-refractivity contribution in [2.24, 2.45) is 0 Å². The maximum Gasteiger partial charge on any atom is -0.0132 e. The van der Waals surface area contributed by atoms with Gasteiger partial charge in [-0.1, -0.05) is 102 Å². The Labute approximate surface area is 167 Å². The van der Waals surface area contributed by atoms with Crippen LogP contribution in [0, 0.1) is 0 Å². The molecule has 0 N–H and O–H groups in total. The molecule has 0 nitrogen and oxygen atoms in total. The van der Waals surface area contributed by atoms with Crippen molar-refractivity contribution in [1.29, 1.82) is 0 Å². The lowest BCUT2D eigenvalue weighted by molar-refractivity contribution is 0.590. The summed E-state index contributed by atoms with van der Waals surface area (Å²) in [6.07, 6.45) is 2.30. The summed E-state index contributed by atoms with van der Waals surface area (Å²) < 4.78 is 0. The van der Waals surface area contributed by atoms with E-state index < -0.39 is 0 Å². The van der Waals surface area contributed by atoms with Gasteiger partial charge in [0, 0.05) is 0 Å². The first-order valence-electron chi connectivity index (χ1n) is 9.97. The lowest BCUT2D eigenvalue weighted by Crippen LogP contribution is -2.10. The molecule has 0 unspecified atom stereocenters. The maximum atomic E-state index is 2.30. The molecular weight excluding hydrogens is 324 g/mol. The molecule has 0 atom stereocenters. The highest BCUT2D eigenvalue weighted by Crippen LogP contribution is 2.31. The Kier molecular flexibility index (Phi) is 6.20. The first kappa shape index (κ1) is 21.2. The van der Waals surface area contributed by atoms with Crippen molar-refractivity contribution in [2.75, 3.05) is 0 Å². The Balaban J connectivity index is 2.37. The topological polar surface area (TPSA) is 0 Å². The fourth-order valence-corrected chi connectivity index (χ4v) is 3.45. The number of hydrogen-bond acceptors (Lipinski definition) is 0. The van der Waals surface area contributed by atoms with Crippen LogP contribution in [0.25, 0.3) is 11.6 Å². The zero-order valence-corrected chi connectivity index (χ0v) is 18.7. The SMILES string of the molecule is CC(C)=C(/C(C)=C/c1ccc(C(C)(C)C)cc1)c1ccc(C(C)(C)C)cc1. The second-order valence-corrected chi connectivity index (χ2v) is 9.90. The monoisotopic (exact) mass is 360 g/mol. The molecule has 144 valence electrons. The van der Waals surface area contributed by atoms with Gasteiger partial charge in [0.1, 0.15) is 0 Å². The standard InChI is InChI=1S/C27H36/c1-19(2)25(22-12-16-24(17-13-22)27(7,8)9)20(3)18-21-10-14-23(15-11-21)26(4,5)6/h10-18H,1-9H3/b20-18+. The second-order valence-electron chi connectivity index (χ2n) is 9.90. The van der Waals surface area contributed by atoms with Crippen LogP contribution in [0.5, 0.6) is 0 Å². The van der Waals surface area contributed by atoms with E-state index in [-0.39, 0.29) is 10.8 Å². The molecule has 0 heterocycles. The second kappa shape index (κ2) is 7.89. The van der Waals surface area contributed by atoms with E-state index >= 15 is 0 Å². The maximum absolute atomic E-state index is 2.30. The van der Waals surface area contributed by atoms with Gasteiger partial charge in [0.2, 0.25) is 0 Å².